The molecule has 2 aromatic carbocycles. The molecule has 7 nitrogen and oxygen atoms in total. The van der Waals surface area contributed by atoms with E-state index in [1.54, 1.807) is 25.3 Å². The van der Waals surface area contributed by atoms with E-state index in [0.29, 0.717) is 22.8 Å². The molecule has 1 fully saturated rings. The highest BCUT2D eigenvalue weighted by atomic mass is 16.5. The minimum Gasteiger partial charge on any atom is -0.507 e. The van der Waals surface area contributed by atoms with Crippen molar-refractivity contribution in [2.24, 2.45) is 0 Å². The van der Waals surface area contributed by atoms with Gasteiger partial charge in [0.15, 0.2) is 23.5 Å². The maximum atomic E-state index is 12.6. The molecule has 0 saturated heterocycles. The van der Waals surface area contributed by atoms with Crippen molar-refractivity contribution in [2.45, 2.75) is 31.8 Å². The van der Waals surface area contributed by atoms with Crippen molar-refractivity contribution < 1.29 is 23.7 Å². The summed E-state index contributed by atoms with van der Waals surface area (Å²) in [5.74, 6) is 1.50. The van der Waals surface area contributed by atoms with Gasteiger partial charge in [-0.1, -0.05) is 0 Å². The molecule has 30 heavy (non-hydrogen) atoms. The fourth-order valence-corrected chi connectivity index (χ4v) is 3.69. The summed E-state index contributed by atoms with van der Waals surface area (Å²) in [6.07, 6.45) is 4.44. The second-order valence-corrected chi connectivity index (χ2v) is 7.13. The molecule has 4 rings (SSSR count). The maximum absolute atomic E-state index is 12.6. The third kappa shape index (κ3) is 3.90. The van der Waals surface area contributed by atoms with Crippen LogP contribution >= 0.6 is 0 Å². The van der Waals surface area contributed by atoms with E-state index in [2.05, 4.69) is 0 Å². The second kappa shape index (κ2) is 8.37. The first kappa shape index (κ1) is 19.6. The van der Waals surface area contributed by atoms with E-state index in [0.717, 1.165) is 25.7 Å². The van der Waals surface area contributed by atoms with Crippen molar-refractivity contribution in [2.75, 3.05) is 13.7 Å². The Labute approximate surface area is 173 Å². The largest absolute Gasteiger partial charge is 0.507 e. The second-order valence-electron chi connectivity index (χ2n) is 7.13. The van der Waals surface area contributed by atoms with Crippen LogP contribution in [0.5, 0.6) is 23.0 Å². The number of phenolic OH excluding ortho intramolecular Hbond substituents is 1. The number of methoxy groups -OCH3 is 1. The predicted octanol–water partition coefficient (Wildman–Crippen LogP) is 4.40. The van der Waals surface area contributed by atoms with E-state index < -0.39 is 0 Å². The molecule has 3 aromatic rings. The summed E-state index contributed by atoms with van der Waals surface area (Å²) in [5.41, 5.74) is 0.426. The molecular weight excluding hydrogens is 386 g/mol. The molecule has 154 valence electrons. The lowest BCUT2D eigenvalue weighted by Crippen LogP contribution is -2.11. The lowest BCUT2D eigenvalue weighted by Gasteiger charge is -2.17. The SMILES string of the molecule is COc1ccc(-c2cc(=O)c3c(O)cc(OCC#N)cc3o2)cc1OC1CCCC1. The molecule has 0 spiro atoms. The van der Waals surface area contributed by atoms with Gasteiger partial charge in [0.25, 0.3) is 0 Å². The Morgan fingerprint density at radius 2 is 1.97 bits per heavy atom. The summed E-state index contributed by atoms with van der Waals surface area (Å²) in [4.78, 5) is 12.6. The van der Waals surface area contributed by atoms with Crippen LogP contribution in [-0.4, -0.2) is 24.9 Å². The Kier molecular flexibility index (Phi) is 5.48. The van der Waals surface area contributed by atoms with Gasteiger partial charge >= 0.3 is 0 Å². The molecule has 1 heterocycles. The average molecular weight is 407 g/mol. The molecule has 1 aliphatic rings. The van der Waals surface area contributed by atoms with Crippen LogP contribution in [0.4, 0.5) is 0 Å². The van der Waals surface area contributed by atoms with Crippen LogP contribution in [0.2, 0.25) is 0 Å². The standard InChI is InChI=1S/C23H21NO6/c1-27-19-7-6-14(10-21(19)29-15-4-2-3-5-15)20-13-18(26)23-17(25)11-16(28-9-8-24)12-22(23)30-20/h6-7,10-13,15,25H,2-5,9H2,1H3. The van der Waals surface area contributed by atoms with Crippen LogP contribution in [0.1, 0.15) is 25.7 Å². The molecule has 0 unspecified atom stereocenters. The van der Waals surface area contributed by atoms with Gasteiger partial charge in [-0.3, -0.25) is 4.79 Å². The van der Waals surface area contributed by atoms with E-state index in [1.807, 2.05) is 6.07 Å². The molecule has 0 radical (unpaired) electrons. The van der Waals surface area contributed by atoms with Crippen LogP contribution in [0.3, 0.4) is 0 Å². The third-order valence-corrected chi connectivity index (χ3v) is 5.13. The van der Waals surface area contributed by atoms with Gasteiger partial charge in [-0.15, -0.1) is 0 Å². The van der Waals surface area contributed by atoms with Gasteiger partial charge in [-0.25, -0.2) is 0 Å². The number of benzene rings is 2. The van der Waals surface area contributed by atoms with E-state index >= 15 is 0 Å². The van der Waals surface area contributed by atoms with Crippen LogP contribution < -0.4 is 19.6 Å². The highest BCUT2D eigenvalue weighted by molar-refractivity contribution is 5.86. The van der Waals surface area contributed by atoms with Crippen molar-refractivity contribution in [3.05, 3.63) is 46.6 Å². The fraction of sp³-hybridized carbons (Fsp3) is 0.304. The van der Waals surface area contributed by atoms with E-state index in [-0.39, 0.29) is 40.6 Å². The maximum Gasteiger partial charge on any atom is 0.197 e. The molecule has 7 heteroatoms. The van der Waals surface area contributed by atoms with Crippen LogP contribution in [0.25, 0.3) is 22.3 Å². The third-order valence-electron chi connectivity index (χ3n) is 5.13. The predicted molar refractivity (Wildman–Crippen MR) is 110 cm³/mol. The first-order valence-electron chi connectivity index (χ1n) is 9.74. The molecule has 1 aliphatic carbocycles. The van der Waals surface area contributed by atoms with Crippen molar-refractivity contribution in [1.29, 1.82) is 5.26 Å². The van der Waals surface area contributed by atoms with E-state index in [1.165, 1.54) is 18.2 Å². The van der Waals surface area contributed by atoms with Crippen molar-refractivity contribution in [3.8, 4) is 40.4 Å². The minimum atomic E-state index is -0.385. The Morgan fingerprint density at radius 3 is 2.70 bits per heavy atom. The molecule has 1 N–H and O–H groups in total. The molecule has 1 aromatic heterocycles. The van der Waals surface area contributed by atoms with Crippen LogP contribution in [0, 0.1) is 11.3 Å². The zero-order valence-corrected chi connectivity index (χ0v) is 16.5. The van der Waals surface area contributed by atoms with Gasteiger partial charge < -0.3 is 23.7 Å². The molecule has 0 amide bonds. The zero-order valence-electron chi connectivity index (χ0n) is 16.5. The molecule has 1 saturated carbocycles. The average Bonchev–Trinajstić information content (AvgIpc) is 3.24. The van der Waals surface area contributed by atoms with Crippen LogP contribution in [-0.2, 0) is 0 Å². The summed E-state index contributed by atoms with van der Waals surface area (Å²) in [7, 11) is 1.58. The number of nitriles is 1. The van der Waals surface area contributed by atoms with E-state index in [4.69, 9.17) is 23.9 Å². The summed E-state index contributed by atoms with van der Waals surface area (Å²) < 4.78 is 22.7. The summed E-state index contributed by atoms with van der Waals surface area (Å²) in [5, 5.41) is 18.9. The fourth-order valence-electron chi connectivity index (χ4n) is 3.69. The molecular formula is C23H21NO6. The van der Waals surface area contributed by atoms with Gasteiger partial charge in [0.2, 0.25) is 0 Å². The van der Waals surface area contributed by atoms with Crippen molar-refractivity contribution in [3.63, 3.8) is 0 Å². The molecule has 0 bridgehead atoms. The van der Waals surface area contributed by atoms with Gasteiger partial charge in [-0.2, -0.15) is 5.26 Å². The minimum absolute atomic E-state index is 0.0546. The van der Waals surface area contributed by atoms with Gasteiger partial charge in [0.05, 0.1) is 13.2 Å². The zero-order chi connectivity index (χ0) is 21.1. The Morgan fingerprint density at radius 1 is 1.17 bits per heavy atom. The first-order valence-corrected chi connectivity index (χ1v) is 9.74. The van der Waals surface area contributed by atoms with E-state index in [9.17, 15) is 9.90 Å². The van der Waals surface area contributed by atoms with Gasteiger partial charge in [0, 0.05) is 23.8 Å². The number of ether oxygens (including phenoxy) is 3. The molecule has 0 aliphatic heterocycles. The quantitative estimate of drug-likeness (QED) is 0.646. The normalized spacial score (nSPS) is 13.9. The highest BCUT2D eigenvalue weighted by Gasteiger charge is 2.20. The number of aromatic hydroxyl groups is 1. The summed E-state index contributed by atoms with van der Waals surface area (Å²) in [6.45, 7) is -0.185. The Balaban J connectivity index is 1.76. The van der Waals surface area contributed by atoms with Gasteiger partial charge in [0.1, 0.15) is 34.3 Å². The van der Waals surface area contributed by atoms with Crippen molar-refractivity contribution >= 4 is 11.0 Å². The van der Waals surface area contributed by atoms with Gasteiger partial charge in [-0.05, 0) is 43.9 Å². The first-order chi connectivity index (χ1) is 14.6. The topological polar surface area (TPSA) is 102 Å². The Hall–Kier alpha value is -3.66. The number of hydrogen-bond acceptors (Lipinski definition) is 7. The molecule has 0 atom stereocenters. The number of rotatable bonds is 6. The lowest BCUT2D eigenvalue weighted by molar-refractivity contribution is 0.201. The number of hydrogen-bond donors (Lipinski definition) is 1. The smallest absolute Gasteiger partial charge is 0.197 e. The highest BCUT2D eigenvalue weighted by Crippen LogP contribution is 2.37. The van der Waals surface area contributed by atoms with Crippen molar-refractivity contribution in [1.82, 2.24) is 0 Å². The Bertz CT molecular complexity index is 1170. The summed E-state index contributed by atoms with van der Waals surface area (Å²) >= 11 is 0. The monoisotopic (exact) mass is 407 g/mol. The summed E-state index contributed by atoms with van der Waals surface area (Å²) in [6, 6.07) is 11.3. The lowest BCUT2D eigenvalue weighted by atomic mass is 10.1. The number of nitrogens with zero attached hydrogens (tertiary/aromatic N) is 1. The number of fused-ring (bicyclic) bond motifs is 1. The van der Waals surface area contributed by atoms with Crippen LogP contribution in [0.15, 0.2) is 45.6 Å². The number of phenols is 1.